The molecule has 0 amide bonds. The molecular formula is C14H10BrClF3N. The molecule has 0 heterocycles. The minimum Gasteiger partial charge on any atom is -0.323 e. The Morgan fingerprint density at radius 2 is 1.80 bits per heavy atom. The zero-order valence-corrected chi connectivity index (χ0v) is 12.5. The summed E-state index contributed by atoms with van der Waals surface area (Å²) in [5.74, 6) is -2.11. The number of hydrogen-bond donors (Lipinski definition) is 1. The van der Waals surface area contributed by atoms with Gasteiger partial charge in [0.05, 0.1) is 4.47 Å². The van der Waals surface area contributed by atoms with E-state index in [2.05, 4.69) is 15.9 Å². The maximum absolute atomic E-state index is 13.9. The van der Waals surface area contributed by atoms with Gasteiger partial charge in [0.25, 0.3) is 0 Å². The molecule has 0 aliphatic heterocycles. The van der Waals surface area contributed by atoms with Gasteiger partial charge in [0.15, 0.2) is 0 Å². The lowest BCUT2D eigenvalue weighted by atomic mass is 9.98. The second-order valence-electron chi connectivity index (χ2n) is 4.27. The number of rotatable bonds is 3. The van der Waals surface area contributed by atoms with Gasteiger partial charge in [0.2, 0.25) is 0 Å². The first-order valence-electron chi connectivity index (χ1n) is 5.73. The third-order valence-corrected chi connectivity index (χ3v) is 3.90. The molecule has 2 rings (SSSR count). The standard InChI is InChI=1S/C14H10BrClF3N/c15-8-4-5-11(18)13(14(8)19)12(20)6-7-9(16)2-1-3-10(7)17/h1-5,12H,6,20H2. The normalized spacial score (nSPS) is 12.5. The van der Waals surface area contributed by atoms with E-state index in [9.17, 15) is 13.2 Å². The molecule has 0 saturated heterocycles. The molecule has 1 nitrogen and oxygen atoms in total. The summed E-state index contributed by atoms with van der Waals surface area (Å²) in [7, 11) is 0. The molecule has 0 bridgehead atoms. The van der Waals surface area contributed by atoms with Crippen molar-refractivity contribution in [3.63, 3.8) is 0 Å². The molecule has 0 aliphatic carbocycles. The second-order valence-corrected chi connectivity index (χ2v) is 5.53. The van der Waals surface area contributed by atoms with Crippen LogP contribution in [-0.4, -0.2) is 0 Å². The van der Waals surface area contributed by atoms with Crippen LogP contribution < -0.4 is 5.73 Å². The van der Waals surface area contributed by atoms with E-state index in [4.69, 9.17) is 17.3 Å². The molecule has 0 aliphatic rings. The molecule has 106 valence electrons. The van der Waals surface area contributed by atoms with Crippen LogP contribution in [0.5, 0.6) is 0 Å². The molecule has 6 heteroatoms. The van der Waals surface area contributed by atoms with Gasteiger partial charge in [-0.1, -0.05) is 17.7 Å². The predicted octanol–water partition coefficient (Wildman–Crippen LogP) is 4.76. The van der Waals surface area contributed by atoms with Crippen LogP contribution in [0, 0.1) is 17.5 Å². The van der Waals surface area contributed by atoms with Crippen LogP contribution in [0.1, 0.15) is 17.2 Å². The van der Waals surface area contributed by atoms with Gasteiger partial charge >= 0.3 is 0 Å². The molecule has 2 aromatic rings. The fourth-order valence-electron chi connectivity index (χ4n) is 1.93. The van der Waals surface area contributed by atoms with Crippen LogP contribution in [0.25, 0.3) is 0 Å². The average Bonchev–Trinajstić information content (AvgIpc) is 2.39. The Hall–Kier alpha value is -1.04. The van der Waals surface area contributed by atoms with Crippen molar-refractivity contribution in [2.75, 3.05) is 0 Å². The van der Waals surface area contributed by atoms with Crippen LogP contribution in [0.4, 0.5) is 13.2 Å². The zero-order valence-electron chi connectivity index (χ0n) is 10.1. The molecule has 0 spiro atoms. The summed E-state index contributed by atoms with van der Waals surface area (Å²) in [6.45, 7) is 0. The van der Waals surface area contributed by atoms with Crippen molar-refractivity contribution in [2.45, 2.75) is 12.5 Å². The zero-order chi connectivity index (χ0) is 14.9. The number of hydrogen-bond acceptors (Lipinski definition) is 1. The number of benzene rings is 2. The van der Waals surface area contributed by atoms with E-state index in [0.29, 0.717) is 0 Å². The van der Waals surface area contributed by atoms with Crippen molar-refractivity contribution in [3.05, 3.63) is 68.4 Å². The van der Waals surface area contributed by atoms with Gasteiger partial charge in [-0.05, 0) is 46.6 Å². The molecular weight excluding hydrogens is 355 g/mol. The third-order valence-electron chi connectivity index (χ3n) is 2.94. The molecule has 20 heavy (non-hydrogen) atoms. The summed E-state index contributed by atoms with van der Waals surface area (Å²) in [6.07, 6.45) is -0.101. The van der Waals surface area contributed by atoms with Gasteiger partial charge in [-0.25, -0.2) is 13.2 Å². The third kappa shape index (κ3) is 3.00. The Labute approximate surface area is 127 Å². The first-order chi connectivity index (χ1) is 9.41. The first kappa shape index (κ1) is 15.4. The van der Waals surface area contributed by atoms with Gasteiger partial charge < -0.3 is 5.73 Å². The number of halogens is 5. The van der Waals surface area contributed by atoms with Gasteiger partial charge in [-0.3, -0.25) is 0 Å². The van der Waals surface area contributed by atoms with Gasteiger partial charge in [-0.15, -0.1) is 0 Å². The topological polar surface area (TPSA) is 26.0 Å². The fraction of sp³-hybridized carbons (Fsp3) is 0.143. The Kier molecular flexibility index (Phi) is 4.73. The second kappa shape index (κ2) is 6.16. The van der Waals surface area contributed by atoms with Crippen LogP contribution in [0.15, 0.2) is 34.8 Å². The summed E-state index contributed by atoms with van der Waals surface area (Å²) < 4.78 is 41.4. The maximum Gasteiger partial charge on any atom is 0.145 e. The number of nitrogens with two attached hydrogens (primary N) is 1. The summed E-state index contributed by atoms with van der Waals surface area (Å²) in [5.41, 5.74) is 5.66. The van der Waals surface area contributed by atoms with Crippen molar-refractivity contribution in [1.82, 2.24) is 0 Å². The van der Waals surface area contributed by atoms with E-state index in [1.807, 2.05) is 0 Å². The van der Waals surface area contributed by atoms with Crippen LogP contribution in [0.3, 0.4) is 0 Å². The van der Waals surface area contributed by atoms with E-state index in [1.54, 1.807) is 0 Å². The monoisotopic (exact) mass is 363 g/mol. The van der Waals surface area contributed by atoms with Crippen LogP contribution >= 0.6 is 27.5 Å². The Balaban J connectivity index is 2.38. The van der Waals surface area contributed by atoms with E-state index < -0.39 is 23.5 Å². The lowest BCUT2D eigenvalue weighted by Gasteiger charge is -2.16. The maximum atomic E-state index is 13.9. The highest BCUT2D eigenvalue weighted by atomic mass is 79.9. The van der Waals surface area contributed by atoms with Crippen LogP contribution in [0.2, 0.25) is 5.02 Å². The van der Waals surface area contributed by atoms with Gasteiger partial charge in [0, 0.05) is 22.2 Å². The van der Waals surface area contributed by atoms with Crippen molar-refractivity contribution >= 4 is 27.5 Å². The minimum atomic E-state index is -1.04. The van der Waals surface area contributed by atoms with E-state index in [-0.39, 0.29) is 27.0 Å². The lowest BCUT2D eigenvalue weighted by molar-refractivity contribution is 0.515. The van der Waals surface area contributed by atoms with Crippen molar-refractivity contribution < 1.29 is 13.2 Å². The van der Waals surface area contributed by atoms with E-state index >= 15 is 0 Å². The molecule has 1 unspecified atom stereocenters. The molecule has 0 radical (unpaired) electrons. The Bertz CT molecular complexity index is 628. The summed E-state index contributed by atoms with van der Waals surface area (Å²) >= 11 is 8.85. The minimum absolute atomic E-state index is 0.101. The first-order valence-corrected chi connectivity index (χ1v) is 6.90. The highest BCUT2D eigenvalue weighted by Crippen LogP contribution is 2.30. The largest absolute Gasteiger partial charge is 0.323 e. The lowest BCUT2D eigenvalue weighted by Crippen LogP contribution is -2.18. The van der Waals surface area contributed by atoms with Crippen molar-refractivity contribution in [2.24, 2.45) is 5.73 Å². The summed E-state index contributed by atoms with van der Waals surface area (Å²) in [6, 6.07) is 5.49. The van der Waals surface area contributed by atoms with Crippen LogP contribution in [-0.2, 0) is 6.42 Å². The molecule has 0 saturated carbocycles. The highest BCUT2D eigenvalue weighted by Gasteiger charge is 2.21. The molecule has 2 aromatic carbocycles. The predicted molar refractivity (Wildman–Crippen MR) is 76.1 cm³/mol. The molecule has 1 atom stereocenters. The Morgan fingerprint density at radius 1 is 1.10 bits per heavy atom. The van der Waals surface area contributed by atoms with Gasteiger partial charge in [-0.2, -0.15) is 0 Å². The Morgan fingerprint density at radius 3 is 2.45 bits per heavy atom. The van der Waals surface area contributed by atoms with Crippen molar-refractivity contribution in [1.29, 1.82) is 0 Å². The van der Waals surface area contributed by atoms with E-state index in [1.165, 1.54) is 24.3 Å². The molecule has 0 aromatic heterocycles. The fourth-order valence-corrected chi connectivity index (χ4v) is 2.52. The molecule has 0 fully saturated rings. The summed E-state index contributed by atoms with van der Waals surface area (Å²) in [4.78, 5) is 0. The van der Waals surface area contributed by atoms with Crippen molar-refractivity contribution in [3.8, 4) is 0 Å². The quantitative estimate of drug-likeness (QED) is 0.781. The highest BCUT2D eigenvalue weighted by molar-refractivity contribution is 9.10. The van der Waals surface area contributed by atoms with Gasteiger partial charge in [0.1, 0.15) is 17.5 Å². The molecule has 2 N–H and O–H groups in total. The smallest absolute Gasteiger partial charge is 0.145 e. The van der Waals surface area contributed by atoms with E-state index in [0.717, 1.165) is 6.07 Å². The average molecular weight is 365 g/mol. The summed E-state index contributed by atoms with van der Waals surface area (Å²) in [5, 5.41) is 0.177. The SMILES string of the molecule is NC(Cc1c(F)cccc1Cl)c1c(F)ccc(Br)c1F.